The lowest BCUT2D eigenvalue weighted by molar-refractivity contribution is -0.133. The maximum absolute atomic E-state index is 12.0. The highest BCUT2D eigenvalue weighted by Crippen LogP contribution is 2.50. The van der Waals surface area contributed by atoms with Gasteiger partial charge in [-0.25, -0.2) is 0 Å². The molecule has 3 rings (SSSR count). The molecule has 1 unspecified atom stereocenters. The first-order valence-electron chi connectivity index (χ1n) is 6.18. The van der Waals surface area contributed by atoms with Crippen molar-refractivity contribution < 1.29 is 30.0 Å². The van der Waals surface area contributed by atoms with E-state index in [0.29, 0.717) is 5.56 Å². The van der Waals surface area contributed by atoms with Gasteiger partial charge in [0, 0.05) is 11.6 Å². The van der Waals surface area contributed by atoms with E-state index in [0.717, 1.165) is 6.07 Å². The van der Waals surface area contributed by atoms with Gasteiger partial charge in [0.2, 0.25) is 0 Å². The zero-order chi connectivity index (χ0) is 15.3. The third-order valence-corrected chi connectivity index (χ3v) is 3.40. The summed E-state index contributed by atoms with van der Waals surface area (Å²) in [5.41, 5.74) is 0.792. The van der Waals surface area contributed by atoms with Crippen LogP contribution in [0.15, 0.2) is 24.3 Å². The van der Waals surface area contributed by atoms with Crippen molar-refractivity contribution in [2.75, 3.05) is 0 Å². The summed E-state index contributed by atoms with van der Waals surface area (Å²) in [5, 5.41) is 39.3. The maximum atomic E-state index is 12.0. The van der Waals surface area contributed by atoms with Crippen molar-refractivity contribution in [1.82, 2.24) is 0 Å². The Morgan fingerprint density at radius 2 is 1.57 bits per heavy atom. The van der Waals surface area contributed by atoms with Gasteiger partial charge in [0.05, 0.1) is 5.56 Å². The van der Waals surface area contributed by atoms with Crippen molar-refractivity contribution in [2.45, 2.75) is 12.8 Å². The van der Waals surface area contributed by atoms with Gasteiger partial charge in [-0.3, -0.25) is 4.79 Å². The highest BCUT2D eigenvalue weighted by Gasteiger charge is 2.40. The lowest BCUT2D eigenvalue weighted by Crippen LogP contribution is -2.12. The normalized spacial score (nSPS) is 16.6. The molecule has 1 heterocycles. The summed E-state index contributed by atoms with van der Waals surface area (Å²) < 4.78 is 4.98. The predicted octanol–water partition coefficient (Wildman–Crippen LogP) is 1.87. The van der Waals surface area contributed by atoms with Gasteiger partial charge in [0.25, 0.3) is 0 Å². The quantitative estimate of drug-likeness (QED) is 0.471. The summed E-state index contributed by atoms with van der Waals surface area (Å²) in [5.74, 6) is -3.09. The van der Waals surface area contributed by atoms with Crippen LogP contribution < -0.4 is 4.74 Å². The highest BCUT2D eigenvalue weighted by molar-refractivity contribution is 5.92. The van der Waals surface area contributed by atoms with E-state index in [4.69, 9.17) is 4.74 Å². The van der Waals surface area contributed by atoms with Gasteiger partial charge in [-0.2, -0.15) is 0 Å². The summed E-state index contributed by atoms with van der Waals surface area (Å²) in [7, 11) is 0. The Morgan fingerprint density at radius 1 is 0.952 bits per heavy atom. The monoisotopic (exact) mass is 288 g/mol. The van der Waals surface area contributed by atoms with Crippen LogP contribution in [0.3, 0.4) is 0 Å². The molecule has 4 N–H and O–H groups in total. The van der Waals surface area contributed by atoms with Crippen LogP contribution >= 0.6 is 0 Å². The molecular weight excluding hydrogens is 276 g/mol. The minimum absolute atomic E-state index is 0.0191. The Bertz CT molecular complexity index is 742. The second kappa shape index (κ2) is 4.31. The summed E-state index contributed by atoms with van der Waals surface area (Å²) in [6.07, 6.45) is 0. The second-order valence-electron chi connectivity index (χ2n) is 4.95. The highest BCUT2D eigenvalue weighted by atomic mass is 16.5. The predicted molar refractivity (Wildman–Crippen MR) is 71.8 cm³/mol. The van der Waals surface area contributed by atoms with Gasteiger partial charge in [0.15, 0.2) is 11.5 Å². The zero-order valence-electron chi connectivity index (χ0n) is 11.0. The molecule has 2 aromatic rings. The van der Waals surface area contributed by atoms with Crippen LogP contribution in [-0.2, 0) is 4.79 Å². The van der Waals surface area contributed by atoms with E-state index in [2.05, 4.69) is 0 Å². The molecule has 0 bridgehead atoms. The number of hydrogen-bond acceptors (Lipinski definition) is 6. The molecule has 0 spiro atoms. The number of aromatic hydroxyl groups is 4. The van der Waals surface area contributed by atoms with Crippen LogP contribution in [0.4, 0.5) is 0 Å². The molecule has 0 radical (unpaired) electrons. The zero-order valence-corrected chi connectivity index (χ0v) is 11.0. The molecule has 0 aromatic heterocycles. The number of rotatable bonds is 1. The first kappa shape index (κ1) is 13.1. The Labute approximate surface area is 119 Å². The van der Waals surface area contributed by atoms with Crippen LogP contribution in [0.25, 0.3) is 0 Å². The van der Waals surface area contributed by atoms with Crippen molar-refractivity contribution in [3.8, 4) is 28.7 Å². The fourth-order valence-electron chi connectivity index (χ4n) is 2.56. The fraction of sp³-hybridized carbons (Fsp3) is 0.133. The topological polar surface area (TPSA) is 107 Å². The largest absolute Gasteiger partial charge is 0.508 e. The summed E-state index contributed by atoms with van der Waals surface area (Å²) in [6, 6.07) is 5.11. The van der Waals surface area contributed by atoms with Gasteiger partial charge in [0.1, 0.15) is 23.2 Å². The van der Waals surface area contributed by atoms with Crippen molar-refractivity contribution in [2.24, 2.45) is 0 Å². The van der Waals surface area contributed by atoms with E-state index in [-0.39, 0.29) is 39.9 Å². The minimum Gasteiger partial charge on any atom is -0.508 e. The number of esters is 1. The second-order valence-corrected chi connectivity index (χ2v) is 4.95. The number of phenolic OH excluding ortho intramolecular Hbond substituents is 4. The Morgan fingerprint density at radius 3 is 2.19 bits per heavy atom. The number of carbonyl (C=O) groups excluding carboxylic acids is 1. The molecule has 21 heavy (non-hydrogen) atoms. The van der Waals surface area contributed by atoms with E-state index in [9.17, 15) is 25.2 Å². The van der Waals surface area contributed by atoms with Crippen LogP contribution in [0.2, 0.25) is 0 Å². The average molecular weight is 288 g/mol. The average Bonchev–Trinajstić information content (AvgIpc) is 2.66. The Kier molecular flexibility index (Phi) is 2.69. The molecule has 0 saturated heterocycles. The third-order valence-electron chi connectivity index (χ3n) is 3.40. The van der Waals surface area contributed by atoms with Gasteiger partial charge < -0.3 is 25.2 Å². The molecule has 6 nitrogen and oxygen atoms in total. The number of aryl methyl sites for hydroxylation is 1. The first-order chi connectivity index (χ1) is 9.88. The van der Waals surface area contributed by atoms with Crippen LogP contribution in [0.1, 0.15) is 22.6 Å². The van der Waals surface area contributed by atoms with Crippen LogP contribution in [0, 0.1) is 6.92 Å². The lowest BCUT2D eigenvalue weighted by Gasteiger charge is -2.13. The van der Waals surface area contributed by atoms with Crippen molar-refractivity contribution >= 4 is 5.97 Å². The van der Waals surface area contributed by atoms with Crippen molar-refractivity contribution in [1.29, 1.82) is 0 Å². The van der Waals surface area contributed by atoms with Crippen LogP contribution in [-0.4, -0.2) is 26.4 Å². The molecule has 0 amide bonds. The van der Waals surface area contributed by atoms with E-state index < -0.39 is 11.9 Å². The minimum atomic E-state index is -1.11. The smallest absolute Gasteiger partial charge is 0.323 e. The van der Waals surface area contributed by atoms with E-state index in [1.165, 1.54) is 18.2 Å². The molecule has 1 aliphatic rings. The van der Waals surface area contributed by atoms with Gasteiger partial charge in [-0.15, -0.1) is 0 Å². The molecule has 0 fully saturated rings. The van der Waals surface area contributed by atoms with Gasteiger partial charge in [-0.05, 0) is 30.7 Å². The number of carbonyl (C=O) groups is 1. The number of fused-ring (bicyclic) bond motifs is 1. The van der Waals surface area contributed by atoms with E-state index >= 15 is 0 Å². The van der Waals surface area contributed by atoms with Gasteiger partial charge in [-0.1, -0.05) is 0 Å². The summed E-state index contributed by atoms with van der Waals surface area (Å²) in [6.45, 7) is 1.68. The first-order valence-corrected chi connectivity index (χ1v) is 6.18. The molecule has 0 saturated carbocycles. The van der Waals surface area contributed by atoms with Crippen molar-refractivity contribution in [3.63, 3.8) is 0 Å². The lowest BCUT2D eigenvalue weighted by atomic mass is 9.90. The fourth-order valence-corrected chi connectivity index (χ4v) is 2.56. The molecule has 0 aliphatic carbocycles. The Hall–Kier alpha value is -2.89. The van der Waals surface area contributed by atoms with Crippen LogP contribution in [0.5, 0.6) is 28.7 Å². The summed E-state index contributed by atoms with van der Waals surface area (Å²) in [4.78, 5) is 12.0. The number of hydrogen-bond donors (Lipinski definition) is 4. The molecule has 1 atom stereocenters. The standard InChI is InChI=1S/C15H12O6/c1-6-2-9(17)13(10(18)3-6)12-8-4-7(16)5-11(19)14(8)21-15(12)20/h2-5,12,16-19H,1H3. The van der Waals surface area contributed by atoms with Crippen molar-refractivity contribution in [3.05, 3.63) is 41.0 Å². The SMILES string of the molecule is Cc1cc(O)c(C2C(=O)Oc3c(O)cc(O)cc32)c(O)c1. The summed E-state index contributed by atoms with van der Waals surface area (Å²) >= 11 is 0. The molecule has 108 valence electrons. The molecular formula is C15H12O6. The van der Waals surface area contributed by atoms with E-state index in [1.807, 2.05) is 0 Å². The molecule has 2 aromatic carbocycles. The van der Waals surface area contributed by atoms with E-state index in [1.54, 1.807) is 6.92 Å². The number of benzene rings is 2. The molecule has 6 heteroatoms. The molecule has 1 aliphatic heterocycles. The third kappa shape index (κ3) is 1.92. The number of phenols is 4. The number of ether oxygens (including phenoxy) is 1. The van der Waals surface area contributed by atoms with Gasteiger partial charge >= 0.3 is 5.97 Å². The maximum Gasteiger partial charge on any atom is 0.323 e. The Balaban J connectivity index is 2.25.